The first-order chi connectivity index (χ1) is 12.2. The minimum Gasteiger partial charge on any atom is -0.493 e. The van der Waals surface area contributed by atoms with Gasteiger partial charge in [0.25, 0.3) is 0 Å². The van der Waals surface area contributed by atoms with Gasteiger partial charge in [0, 0.05) is 12.1 Å². The van der Waals surface area contributed by atoms with Gasteiger partial charge in [-0.25, -0.2) is 0 Å². The van der Waals surface area contributed by atoms with Crippen LogP contribution in [0.15, 0.2) is 30.3 Å². The first kappa shape index (κ1) is 17.4. The smallest absolute Gasteiger partial charge is 0.165 e. The van der Waals surface area contributed by atoms with Gasteiger partial charge >= 0.3 is 0 Å². The maximum atomic E-state index is 5.77. The van der Waals surface area contributed by atoms with Crippen LogP contribution in [0.3, 0.4) is 0 Å². The van der Waals surface area contributed by atoms with Gasteiger partial charge in [-0.15, -0.1) is 0 Å². The van der Waals surface area contributed by atoms with Crippen LogP contribution in [-0.2, 0) is 6.42 Å². The minimum atomic E-state index is 0.0129. The monoisotopic (exact) mass is 343 g/mol. The lowest BCUT2D eigenvalue weighted by Gasteiger charge is -2.30. The first-order valence-electron chi connectivity index (χ1n) is 8.51. The number of rotatable bonds is 6. The number of benzene rings is 2. The number of ether oxygens (including phenoxy) is 4. The molecular weight excluding hydrogens is 318 g/mol. The van der Waals surface area contributed by atoms with E-state index in [0.717, 1.165) is 41.5 Å². The molecular formula is C20H25NO4. The van der Waals surface area contributed by atoms with Gasteiger partial charge in [-0.1, -0.05) is 12.1 Å². The van der Waals surface area contributed by atoms with Gasteiger partial charge in [-0.05, 0) is 42.7 Å². The molecule has 0 aromatic heterocycles. The predicted octanol–water partition coefficient (Wildman–Crippen LogP) is 3.35. The molecule has 5 nitrogen and oxygen atoms in total. The minimum absolute atomic E-state index is 0.0129. The molecule has 1 atom stereocenters. The largest absolute Gasteiger partial charge is 0.493 e. The molecule has 0 spiro atoms. The molecule has 5 heteroatoms. The summed E-state index contributed by atoms with van der Waals surface area (Å²) in [7, 11) is 5.00. The molecule has 1 heterocycles. The van der Waals surface area contributed by atoms with E-state index < -0.39 is 0 Å². The third-order valence-electron chi connectivity index (χ3n) is 4.52. The zero-order chi connectivity index (χ0) is 17.8. The number of hydrogen-bond donors (Lipinski definition) is 1. The summed E-state index contributed by atoms with van der Waals surface area (Å²) in [4.78, 5) is 0. The highest BCUT2D eigenvalue weighted by Gasteiger charge is 2.27. The normalized spacial score (nSPS) is 16.1. The van der Waals surface area contributed by atoms with Gasteiger partial charge in [0.15, 0.2) is 23.0 Å². The van der Waals surface area contributed by atoms with Crippen LogP contribution in [0.2, 0.25) is 0 Å². The van der Waals surface area contributed by atoms with Crippen molar-refractivity contribution in [3.05, 3.63) is 47.0 Å². The Balaban J connectivity index is 2.12. The Kier molecular flexibility index (Phi) is 5.34. The van der Waals surface area contributed by atoms with Gasteiger partial charge in [0.2, 0.25) is 0 Å². The van der Waals surface area contributed by atoms with E-state index in [1.165, 1.54) is 11.1 Å². The number of hydrogen-bond acceptors (Lipinski definition) is 5. The molecule has 134 valence electrons. The quantitative estimate of drug-likeness (QED) is 0.872. The molecule has 3 rings (SSSR count). The van der Waals surface area contributed by atoms with Crippen molar-refractivity contribution in [2.24, 2.45) is 0 Å². The maximum absolute atomic E-state index is 5.77. The Morgan fingerprint density at radius 2 is 1.76 bits per heavy atom. The Bertz CT molecular complexity index is 745. The van der Waals surface area contributed by atoms with Crippen LogP contribution < -0.4 is 24.3 Å². The highest BCUT2D eigenvalue weighted by molar-refractivity contribution is 5.56. The van der Waals surface area contributed by atoms with Gasteiger partial charge in [0.1, 0.15) is 0 Å². The van der Waals surface area contributed by atoms with E-state index in [1.54, 1.807) is 21.3 Å². The van der Waals surface area contributed by atoms with E-state index >= 15 is 0 Å². The van der Waals surface area contributed by atoms with Crippen molar-refractivity contribution in [3.8, 4) is 23.0 Å². The van der Waals surface area contributed by atoms with Crippen LogP contribution in [0.4, 0.5) is 0 Å². The average Bonchev–Trinajstić information content (AvgIpc) is 2.66. The standard InChI is InChI=1S/C20H25NO4/c1-5-25-18-12-15-13(11-17(18)23-3)9-10-21-19(15)14-7-6-8-16(22-2)20(14)24-4/h6-8,11-12,19,21H,5,9-10H2,1-4H3. The molecule has 1 aliphatic heterocycles. The summed E-state index contributed by atoms with van der Waals surface area (Å²) in [6.07, 6.45) is 0.945. The Morgan fingerprint density at radius 3 is 2.44 bits per heavy atom. The van der Waals surface area contributed by atoms with Crippen LogP contribution in [0.5, 0.6) is 23.0 Å². The summed E-state index contributed by atoms with van der Waals surface area (Å²) >= 11 is 0. The summed E-state index contributed by atoms with van der Waals surface area (Å²) in [5.74, 6) is 3.02. The van der Waals surface area contributed by atoms with Crippen molar-refractivity contribution in [2.45, 2.75) is 19.4 Å². The molecule has 0 saturated heterocycles. The summed E-state index contributed by atoms with van der Waals surface area (Å²) in [5.41, 5.74) is 3.49. The molecule has 2 aromatic carbocycles. The molecule has 0 bridgehead atoms. The summed E-state index contributed by atoms with van der Waals surface area (Å²) in [6, 6.07) is 10.1. The SMILES string of the molecule is CCOc1cc2c(cc1OC)CCNC2c1cccc(OC)c1OC. The number of fused-ring (bicyclic) bond motifs is 1. The Labute approximate surface area is 148 Å². The first-order valence-corrected chi connectivity index (χ1v) is 8.51. The van der Waals surface area contributed by atoms with E-state index in [9.17, 15) is 0 Å². The lowest BCUT2D eigenvalue weighted by molar-refractivity contribution is 0.309. The highest BCUT2D eigenvalue weighted by Crippen LogP contribution is 2.42. The summed E-state index contributed by atoms with van der Waals surface area (Å²) < 4.78 is 22.4. The predicted molar refractivity (Wildman–Crippen MR) is 97.3 cm³/mol. The molecule has 1 aliphatic rings. The molecule has 2 aromatic rings. The van der Waals surface area contributed by atoms with E-state index in [2.05, 4.69) is 23.5 Å². The van der Waals surface area contributed by atoms with Crippen LogP contribution >= 0.6 is 0 Å². The van der Waals surface area contributed by atoms with E-state index in [0.29, 0.717) is 6.61 Å². The molecule has 0 radical (unpaired) electrons. The fourth-order valence-corrected chi connectivity index (χ4v) is 3.41. The third-order valence-corrected chi connectivity index (χ3v) is 4.52. The third kappa shape index (κ3) is 3.24. The number of nitrogens with one attached hydrogen (secondary N) is 1. The van der Waals surface area contributed by atoms with Crippen molar-refractivity contribution < 1.29 is 18.9 Å². The van der Waals surface area contributed by atoms with Gasteiger partial charge in [0.05, 0.1) is 34.0 Å². The van der Waals surface area contributed by atoms with Gasteiger partial charge < -0.3 is 24.3 Å². The lowest BCUT2D eigenvalue weighted by atomic mass is 9.88. The van der Waals surface area contributed by atoms with Crippen molar-refractivity contribution >= 4 is 0 Å². The molecule has 0 fully saturated rings. The van der Waals surface area contributed by atoms with Crippen molar-refractivity contribution in [3.63, 3.8) is 0 Å². The zero-order valence-electron chi connectivity index (χ0n) is 15.2. The van der Waals surface area contributed by atoms with Crippen molar-refractivity contribution in [1.82, 2.24) is 5.32 Å². The molecule has 0 saturated carbocycles. The fourth-order valence-electron chi connectivity index (χ4n) is 3.41. The average molecular weight is 343 g/mol. The van der Waals surface area contributed by atoms with Crippen LogP contribution in [0.1, 0.15) is 29.7 Å². The summed E-state index contributed by atoms with van der Waals surface area (Å²) in [5, 5.41) is 3.59. The number of methoxy groups -OCH3 is 3. The maximum Gasteiger partial charge on any atom is 0.165 e. The molecule has 1 N–H and O–H groups in total. The summed E-state index contributed by atoms with van der Waals surface area (Å²) in [6.45, 7) is 3.45. The molecule has 0 aliphatic carbocycles. The van der Waals surface area contributed by atoms with Gasteiger partial charge in [-0.2, -0.15) is 0 Å². The Hall–Kier alpha value is -2.40. The second-order valence-electron chi connectivity index (χ2n) is 5.85. The second kappa shape index (κ2) is 7.66. The molecule has 25 heavy (non-hydrogen) atoms. The van der Waals surface area contributed by atoms with Crippen LogP contribution in [-0.4, -0.2) is 34.5 Å². The zero-order valence-corrected chi connectivity index (χ0v) is 15.2. The topological polar surface area (TPSA) is 49.0 Å². The van der Waals surface area contributed by atoms with Crippen LogP contribution in [0.25, 0.3) is 0 Å². The fraction of sp³-hybridized carbons (Fsp3) is 0.400. The second-order valence-corrected chi connectivity index (χ2v) is 5.85. The highest BCUT2D eigenvalue weighted by atomic mass is 16.5. The Morgan fingerprint density at radius 1 is 0.960 bits per heavy atom. The van der Waals surface area contributed by atoms with Crippen LogP contribution in [0, 0.1) is 0 Å². The van der Waals surface area contributed by atoms with Crippen molar-refractivity contribution in [1.29, 1.82) is 0 Å². The molecule has 1 unspecified atom stereocenters. The molecule has 0 amide bonds. The number of para-hydroxylation sites is 1. The van der Waals surface area contributed by atoms with Gasteiger partial charge in [-0.3, -0.25) is 0 Å². The van der Waals surface area contributed by atoms with E-state index in [-0.39, 0.29) is 6.04 Å². The van der Waals surface area contributed by atoms with Crippen molar-refractivity contribution in [2.75, 3.05) is 34.5 Å². The van der Waals surface area contributed by atoms with E-state index in [4.69, 9.17) is 18.9 Å². The van der Waals surface area contributed by atoms with E-state index in [1.807, 2.05) is 19.1 Å². The lowest BCUT2D eigenvalue weighted by Crippen LogP contribution is -2.31.